The van der Waals surface area contributed by atoms with Gasteiger partial charge in [0.1, 0.15) is 5.75 Å². The number of hydrogen-bond donors (Lipinski definition) is 1. The van der Waals surface area contributed by atoms with Crippen molar-refractivity contribution in [1.82, 2.24) is 10.2 Å². The summed E-state index contributed by atoms with van der Waals surface area (Å²) >= 11 is 0. The van der Waals surface area contributed by atoms with Gasteiger partial charge >= 0.3 is 0 Å². The molecule has 1 aromatic carbocycles. The Morgan fingerprint density at radius 2 is 2.05 bits per heavy atom. The fourth-order valence-electron chi connectivity index (χ4n) is 2.03. The van der Waals surface area contributed by atoms with Gasteiger partial charge in [-0.25, -0.2) is 0 Å². The zero-order chi connectivity index (χ0) is 14.4. The third kappa shape index (κ3) is 4.53. The molecule has 0 atom stereocenters. The molecule has 1 aliphatic rings. The summed E-state index contributed by atoms with van der Waals surface area (Å²) in [5.74, 6) is 0.808. The van der Waals surface area contributed by atoms with Crippen molar-refractivity contribution in [3.63, 3.8) is 0 Å². The number of nitrogens with zero attached hydrogens (tertiary/aromatic N) is 1. The normalized spacial score (nSPS) is 14.1. The zero-order valence-corrected chi connectivity index (χ0v) is 12.4. The summed E-state index contributed by atoms with van der Waals surface area (Å²) in [6.45, 7) is 4.18. The lowest BCUT2D eigenvalue weighted by Crippen LogP contribution is -2.33. The Bertz CT molecular complexity index is 427. The average molecular weight is 276 g/mol. The number of carbonyl (C=O) groups excluding carboxylic acids is 1. The first-order valence-electron chi connectivity index (χ1n) is 7.39. The van der Waals surface area contributed by atoms with E-state index in [-0.39, 0.29) is 12.5 Å². The van der Waals surface area contributed by atoms with Gasteiger partial charge in [-0.05, 0) is 43.5 Å². The van der Waals surface area contributed by atoms with Gasteiger partial charge in [-0.2, -0.15) is 0 Å². The summed E-state index contributed by atoms with van der Waals surface area (Å²) in [6.07, 6.45) is 3.39. The monoisotopic (exact) mass is 276 g/mol. The lowest BCUT2D eigenvalue weighted by Gasteiger charge is -2.16. The quantitative estimate of drug-likeness (QED) is 0.740. The molecule has 0 aliphatic heterocycles. The minimum absolute atomic E-state index is 0.0567. The molecule has 1 aliphatic carbocycles. The first-order chi connectivity index (χ1) is 9.70. The first kappa shape index (κ1) is 14.9. The molecular weight excluding hydrogens is 252 g/mol. The maximum absolute atomic E-state index is 11.8. The molecule has 110 valence electrons. The maximum Gasteiger partial charge on any atom is 0.260 e. The van der Waals surface area contributed by atoms with Crippen LogP contribution in [0.2, 0.25) is 0 Å². The highest BCUT2D eigenvalue weighted by Gasteiger charge is 2.29. The summed E-state index contributed by atoms with van der Waals surface area (Å²) in [4.78, 5) is 13.6. The van der Waals surface area contributed by atoms with Crippen LogP contribution >= 0.6 is 0 Å². The lowest BCUT2D eigenvalue weighted by molar-refractivity contribution is -0.132. The Kier molecular flexibility index (Phi) is 5.41. The van der Waals surface area contributed by atoms with Crippen LogP contribution < -0.4 is 10.1 Å². The van der Waals surface area contributed by atoms with Crippen molar-refractivity contribution in [1.29, 1.82) is 0 Å². The van der Waals surface area contributed by atoms with E-state index in [9.17, 15) is 4.79 Å². The van der Waals surface area contributed by atoms with Gasteiger partial charge in [-0.1, -0.05) is 19.1 Å². The number of ether oxygens (including phenoxy) is 1. The van der Waals surface area contributed by atoms with Crippen molar-refractivity contribution in [2.75, 3.05) is 20.2 Å². The Labute approximate surface area is 121 Å². The molecule has 0 saturated heterocycles. The number of benzene rings is 1. The molecule has 1 saturated carbocycles. The van der Waals surface area contributed by atoms with E-state index >= 15 is 0 Å². The highest BCUT2D eigenvalue weighted by molar-refractivity contribution is 5.78. The molecule has 1 aromatic rings. The minimum Gasteiger partial charge on any atom is -0.484 e. The SMILES string of the molecule is CCCNCc1ccc(OCC(=O)N(C)C2CC2)cc1. The largest absolute Gasteiger partial charge is 0.484 e. The highest BCUT2D eigenvalue weighted by atomic mass is 16.5. The number of hydrogen-bond acceptors (Lipinski definition) is 3. The van der Waals surface area contributed by atoms with Gasteiger partial charge in [0.15, 0.2) is 6.61 Å². The second-order valence-electron chi connectivity index (χ2n) is 5.35. The topological polar surface area (TPSA) is 41.6 Å². The summed E-state index contributed by atoms with van der Waals surface area (Å²) in [6, 6.07) is 8.36. The molecule has 20 heavy (non-hydrogen) atoms. The van der Waals surface area contributed by atoms with E-state index < -0.39 is 0 Å². The van der Waals surface area contributed by atoms with Crippen molar-refractivity contribution < 1.29 is 9.53 Å². The second-order valence-corrected chi connectivity index (χ2v) is 5.35. The van der Waals surface area contributed by atoms with E-state index in [4.69, 9.17) is 4.74 Å². The Balaban J connectivity index is 1.74. The van der Waals surface area contributed by atoms with Crippen LogP contribution in [0, 0.1) is 0 Å². The molecule has 0 aromatic heterocycles. The first-order valence-corrected chi connectivity index (χ1v) is 7.39. The standard InChI is InChI=1S/C16H24N2O2/c1-3-10-17-11-13-4-8-15(9-5-13)20-12-16(19)18(2)14-6-7-14/h4-5,8-9,14,17H,3,6-7,10-12H2,1-2H3. The molecule has 4 nitrogen and oxygen atoms in total. The maximum atomic E-state index is 11.8. The van der Waals surface area contributed by atoms with Crippen molar-refractivity contribution in [2.45, 2.75) is 38.8 Å². The predicted molar refractivity (Wildman–Crippen MR) is 79.7 cm³/mol. The Morgan fingerprint density at radius 3 is 2.65 bits per heavy atom. The van der Waals surface area contributed by atoms with Gasteiger partial charge in [0.05, 0.1) is 0 Å². The predicted octanol–water partition coefficient (Wildman–Crippen LogP) is 2.19. The highest BCUT2D eigenvalue weighted by Crippen LogP contribution is 2.25. The molecular formula is C16H24N2O2. The average Bonchev–Trinajstić information content (AvgIpc) is 3.30. The molecule has 0 bridgehead atoms. The Hall–Kier alpha value is -1.55. The van der Waals surface area contributed by atoms with Crippen LogP contribution in [0.1, 0.15) is 31.7 Å². The minimum atomic E-state index is 0.0567. The molecule has 4 heteroatoms. The molecule has 0 radical (unpaired) electrons. The van der Waals surface area contributed by atoms with Crippen LogP contribution in [0.3, 0.4) is 0 Å². The number of carbonyl (C=O) groups is 1. The van der Waals surface area contributed by atoms with Crippen LogP contribution in [0.5, 0.6) is 5.75 Å². The fourth-order valence-corrected chi connectivity index (χ4v) is 2.03. The van der Waals surface area contributed by atoms with Crippen molar-refractivity contribution in [2.24, 2.45) is 0 Å². The van der Waals surface area contributed by atoms with E-state index in [2.05, 4.69) is 12.2 Å². The molecule has 1 fully saturated rings. The van der Waals surface area contributed by atoms with Crippen LogP contribution in [-0.2, 0) is 11.3 Å². The summed E-state index contributed by atoms with van der Waals surface area (Å²) in [5.41, 5.74) is 1.23. The van der Waals surface area contributed by atoms with Gasteiger partial charge < -0.3 is 15.0 Å². The number of rotatable bonds is 8. The molecule has 0 heterocycles. The van der Waals surface area contributed by atoms with E-state index in [1.165, 1.54) is 5.56 Å². The van der Waals surface area contributed by atoms with Crippen molar-refractivity contribution in [3.8, 4) is 5.75 Å². The van der Waals surface area contributed by atoms with Gasteiger partial charge in [0.25, 0.3) is 5.91 Å². The van der Waals surface area contributed by atoms with Crippen LogP contribution in [0.15, 0.2) is 24.3 Å². The molecule has 0 unspecified atom stereocenters. The van der Waals surface area contributed by atoms with Crippen LogP contribution in [0.4, 0.5) is 0 Å². The van der Waals surface area contributed by atoms with Gasteiger partial charge in [-0.15, -0.1) is 0 Å². The van der Waals surface area contributed by atoms with E-state index in [0.717, 1.165) is 38.1 Å². The number of nitrogens with one attached hydrogen (secondary N) is 1. The molecule has 1 amide bonds. The molecule has 2 rings (SSSR count). The molecule has 0 spiro atoms. The van der Waals surface area contributed by atoms with E-state index in [1.807, 2.05) is 31.3 Å². The van der Waals surface area contributed by atoms with Crippen molar-refractivity contribution >= 4 is 5.91 Å². The number of likely N-dealkylation sites (N-methyl/N-ethyl adjacent to an activating group) is 1. The van der Waals surface area contributed by atoms with Crippen LogP contribution in [0.25, 0.3) is 0 Å². The third-order valence-corrected chi connectivity index (χ3v) is 3.53. The Morgan fingerprint density at radius 1 is 1.35 bits per heavy atom. The van der Waals surface area contributed by atoms with Crippen LogP contribution in [-0.4, -0.2) is 37.0 Å². The molecule has 1 N–H and O–H groups in total. The smallest absolute Gasteiger partial charge is 0.260 e. The van der Waals surface area contributed by atoms with E-state index in [1.54, 1.807) is 4.90 Å². The third-order valence-electron chi connectivity index (χ3n) is 3.53. The summed E-state index contributed by atoms with van der Waals surface area (Å²) in [7, 11) is 1.85. The summed E-state index contributed by atoms with van der Waals surface area (Å²) < 4.78 is 5.54. The summed E-state index contributed by atoms with van der Waals surface area (Å²) in [5, 5.41) is 3.35. The van der Waals surface area contributed by atoms with Gasteiger partial charge in [-0.3, -0.25) is 4.79 Å². The number of amides is 1. The van der Waals surface area contributed by atoms with Crippen molar-refractivity contribution in [3.05, 3.63) is 29.8 Å². The zero-order valence-electron chi connectivity index (χ0n) is 12.4. The van der Waals surface area contributed by atoms with Gasteiger partial charge in [0, 0.05) is 19.6 Å². The second kappa shape index (κ2) is 7.29. The van der Waals surface area contributed by atoms with E-state index in [0.29, 0.717) is 6.04 Å². The lowest BCUT2D eigenvalue weighted by atomic mass is 10.2. The van der Waals surface area contributed by atoms with Gasteiger partial charge in [0.2, 0.25) is 0 Å². The fraction of sp³-hybridized carbons (Fsp3) is 0.562.